The molecule has 2 nitrogen and oxygen atoms in total. The van der Waals surface area contributed by atoms with E-state index in [1.165, 1.54) is 19.3 Å². The highest BCUT2D eigenvalue weighted by atomic mass is 35.5. The molecule has 0 N–H and O–H groups in total. The molecule has 1 saturated carbocycles. The maximum absolute atomic E-state index is 11.1. The third-order valence-electron chi connectivity index (χ3n) is 3.14. The summed E-state index contributed by atoms with van der Waals surface area (Å²) in [5.41, 5.74) is 0.895. The average molecular weight is 237 g/mol. The molecule has 16 heavy (non-hydrogen) atoms. The minimum Gasteiger partial charge on any atom is -0.301 e. The van der Waals surface area contributed by atoms with Gasteiger partial charge in [-0.2, -0.15) is 0 Å². The van der Waals surface area contributed by atoms with Gasteiger partial charge in [0.15, 0.2) is 0 Å². The van der Waals surface area contributed by atoms with Crippen LogP contribution in [0.4, 0.5) is 5.69 Å². The van der Waals surface area contributed by atoms with E-state index in [2.05, 4.69) is 0 Å². The number of nitrogens with zero attached hydrogens (tertiary/aromatic N) is 1. The van der Waals surface area contributed by atoms with Gasteiger partial charge in [-0.25, -0.2) is 0 Å². The molecule has 0 heterocycles. The summed E-state index contributed by atoms with van der Waals surface area (Å²) in [6, 6.07) is 7.69. The third kappa shape index (κ3) is 2.56. The number of benzene rings is 1. The van der Waals surface area contributed by atoms with Gasteiger partial charge in [0.2, 0.25) is 0 Å². The highest BCUT2D eigenvalue weighted by molar-refractivity contribution is 6.30. The summed E-state index contributed by atoms with van der Waals surface area (Å²) < 4.78 is 0. The molecule has 1 radical (unpaired) electrons. The van der Waals surface area contributed by atoms with Gasteiger partial charge in [-0.1, -0.05) is 30.9 Å². The Hall–Kier alpha value is -1.02. The predicted octanol–water partition coefficient (Wildman–Crippen LogP) is 3.55. The Bertz CT molecular complexity index is 343. The van der Waals surface area contributed by atoms with Crippen LogP contribution in [0.1, 0.15) is 32.1 Å². The van der Waals surface area contributed by atoms with Crippen molar-refractivity contribution in [2.45, 2.75) is 38.1 Å². The number of amides is 1. The van der Waals surface area contributed by atoms with Crippen LogP contribution in [0.3, 0.4) is 0 Å². The van der Waals surface area contributed by atoms with Crippen molar-refractivity contribution in [3.8, 4) is 0 Å². The number of halogens is 1. The van der Waals surface area contributed by atoms with Crippen LogP contribution in [0.25, 0.3) is 0 Å². The van der Waals surface area contributed by atoms with E-state index >= 15 is 0 Å². The molecule has 1 fully saturated rings. The Morgan fingerprint density at radius 2 is 1.75 bits per heavy atom. The SMILES string of the molecule is O=[C]N(c1ccc(Cl)cc1)C1CCCCC1. The Labute approximate surface area is 101 Å². The molecule has 85 valence electrons. The largest absolute Gasteiger partial charge is 0.317 e. The molecule has 1 aliphatic carbocycles. The molecule has 0 bridgehead atoms. The predicted molar refractivity (Wildman–Crippen MR) is 66.5 cm³/mol. The summed E-state index contributed by atoms with van der Waals surface area (Å²) in [6.07, 6.45) is 7.90. The van der Waals surface area contributed by atoms with Gasteiger partial charge in [-0.15, -0.1) is 0 Å². The molecule has 0 unspecified atom stereocenters. The van der Waals surface area contributed by atoms with E-state index in [0.717, 1.165) is 18.5 Å². The van der Waals surface area contributed by atoms with Crippen LogP contribution in [0, 0.1) is 0 Å². The molecule has 1 aromatic carbocycles. The summed E-state index contributed by atoms with van der Waals surface area (Å²) in [7, 11) is 0. The van der Waals surface area contributed by atoms with Crippen LogP contribution in [0.5, 0.6) is 0 Å². The van der Waals surface area contributed by atoms with Crippen molar-refractivity contribution in [1.82, 2.24) is 0 Å². The van der Waals surface area contributed by atoms with Crippen molar-refractivity contribution in [1.29, 1.82) is 0 Å². The fourth-order valence-corrected chi connectivity index (χ4v) is 2.40. The summed E-state index contributed by atoms with van der Waals surface area (Å²) in [4.78, 5) is 12.8. The maximum Gasteiger partial charge on any atom is 0.317 e. The molecular formula is C13H15ClNO. The minimum absolute atomic E-state index is 0.312. The van der Waals surface area contributed by atoms with E-state index in [0.29, 0.717) is 11.1 Å². The van der Waals surface area contributed by atoms with Gasteiger partial charge in [0.25, 0.3) is 0 Å². The number of anilines is 1. The molecule has 0 saturated heterocycles. The van der Waals surface area contributed by atoms with Crippen LogP contribution in [0.2, 0.25) is 5.02 Å². The van der Waals surface area contributed by atoms with Gasteiger partial charge in [0.1, 0.15) is 0 Å². The maximum atomic E-state index is 11.1. The van der Waals surface area contributed by atoms with Crippen molar-refractivity contribution < 1.29 is 4.79 Å². The zero-order chi connectivity index (χ0) is 11.4. The fraction of sp³-hybridized carbons (Fsp3) is 0.462. The first kappa shape index (κ1) is 11.5. The standard InChI is InChI=1S/C13H15ClNO/c14-11-6-8-13(9-7-11)15(10-16)12-4-2-1-3-5-12/h6-9,12H,1-5H2. The van der Waals surface area contributed by atoms with Gasteiger partial charge in [-0.3, -0.25) is 4.79 Å². The Kier molecular flexibility index (Phi) is 3.83. The Morgan fingerprint density at radius 3 is 2.31 bits per heavy atom. The summed E-state index contributed by atoms with van der Waals surface area (Å²) in [5.74, 6) is 0. The van der Waals surface area contributed by atoms with Crippen LogP contribution < -0.4 is 4.90 Å². The Balaban J connectivity index is 2.14. The van der Waals surface area contributed by atoms with Crippen molar-refractivity contribution in [3.63, 3.8) is 0 Å². The summed E-state index contributed by atoms with van der Waals surface area (Å²) in [6.45, 7) is 0. The van der Waals surface area contributed by atoms with E-state index < -0.39 is 0 Å². The van der Waals surface area contributed by atoms with E-state index in [1.54, 1.807) is 4.90 Å². The molecule has 2 rings (SSSR count). The smallest absolute Gasteiger partial charge is 0.301 e. The van der Waals surface area contributed by atoms with E-state index in [1.807, 2.05) is 30.7 Å². The number of rotatable bonds is 3. The van der Waals surface area contributed by atoms with E-state index in [9.17, 15) is 4.79 Å². The number of carbonyl (C=O) groups excluding carboxylic acids is 1. The van der Waals surface area contributed by atoms with Gasteiger partial charge < -0.3 is 4.90 Å². The van der Waals surface area contributed by atoms with Crippen LogP contribution in [0.15, 0.2) is 24.3 Å². The van der Waals surface area contributed by atoms with E-state index in [-0.39, 0.29) is 0 Å². The lowest BCUT2D eigenvalue weighted by Gasteiger charge is -2.30. The molecule has 1 amide bonds. The quantitative estimate of drug-likeness (QED) is 0.735. The number of hydrogen-bond donors (Lipinski definition) is 0. The molecule has 0 spiro atoms. The molecule has 3 heteroatoms. The van der Waals surface area contributed by atoms with Crippen molar-refractivity contribution in [2.24, 2.45) is 0 Å². The fourth-order valence-electron chi connectivity index (χ4n) is 2.28. The minimum atomic E-state index is 0.312. The molecule has 0 aromatic heterocycles. The van der Waals surface area contributed by atoms with Crippen molar-refractivity contribution in [2.75, 3.05) is 4.90 Å². The monoisotopic (exact) mass is 236 g/mol. The molecular weight excluding hydrogens is 222 g/mol. The van der Waals surface area contributed by atoms with Crippen LogP contribution in [-0.4, -0.2) is 12.5 Å². The number of hydrogen-bond acceptors (Lipinski definition) is 1. The van der Waals surface area contributed by atoms with Gasteiger partial charge >= 0.3 is 6.41 Å². The van der Waals surface area contributed by atoms with Gasteiger partial charge in [-0.05, 0) is 37.1 Å². The normalized spacial score (nSPS) is 17.1. The Morgan fingerprint density at radius 1 is 1.12 bits per heavy atom. The molecule has 0 aliphatic heterocycles. The molecule has 1 aliphatic rings. The average Bonchev–Trinajstić information content (AvgIpc) is 2.34. The van der Waals surface area contributed by atoms with E-state index in [4.69, 9.17) is 11.6 Å². The van der Waals surface area contributed by atoms with Crippen molar-refractivity contribution >= 4 is 23.7 Å². The zero-order valence-corrected chi connectivity index (χ0v) is 9.91. The first-order chi connectivity index (χ1) is 7.81. The van der Waals surface area contributed by atoms with Gasteiger partial charge in [0, 0.05) is 16.8 Å². The lowest BCUT2D eigenvalue weighted by Crippen LogP contribution is -2.35. The highest BCUT2D eigenvalue weighted by Crippen LogP contribution is 2.26. The van der Waals surface area contributed by atoms with Gasteiger partial charge in [0.05, 0.1) is 0 Å². The summed E-state index contributed by atoms with van der Waals surface area (Å²) in [5, 5.41) is 0.693. The van der Waals surface area contributed by atoms with Crippen molar-refractivity contribution in [3.05, 3.63) is 29.3 Å². The second-order valence-corrected chi connectivity index (χ2v) is 4.67. The highest BCUT2D eigenvalue weighted by Gasteiger charge is 2.21. The first-order valence-corrected chi connectivity index (χ1v) is 6.11. The zero-order valence-electron chi connectivity index (χ0n) is 9.16. The first-order valence-electron chi connectivity index (χ1n) is 5.74. The second-order valence-electron chi connectivity index (χ2n) is 4.23. The van der Waals surface area contributed by atoms with Crippen LogP contribution >= 0.6 is 11.6 Å². The lowest BCUT2D eigenvalue weighted by atomic mass is 9.94. The van der Waals surface area contributed by atoms with Crippen LogP contribution in [-0.2, 0) is 4.79 Å². The lowest BCUT2D eigenvalue weighted by molar-refractivity contribution is 0.431. The second kappa shape index (κ2) is 5.35. The molecule has 0 atom stereocenters. The third-order valence-corrected chi connectivity index (χ3v) is 3.39. The molecule has 1 aromatic rings. The summed E-state index contributed by atoms with van der Waals surface area (Å²) >= 11 is 5.83. The topological polar surface area (TPSA) is 20.3 Å².